The van der Waals surface area contributed by atoms with Crippen molar-refractivity contribution in [1.29, 1.82) is 0 Å². The molecule has 1 fully saturated rings. The maximum absolute atomic E-state index is 12.2. The van der Waals surface area contributed by atoms with Crippen molar-refractivity contribution in [3.8, 4) is 0 Å². The summed E-state index contributed by atoms with van der Waals surface area (Å²) in [6.45, 7) is 2.61. The Hall–Kier alpha value is -0.0400. The zero-order chi connectivity index (χ0) is 13.2. The molecule has 1 aliphatic heterocycles. The molecular formula is C12H16BrNO2S2. The maximum atomic E-state index is 12.2. The molecule has 0 saturated carbocycles. The SMILES string of the molecule is CC1(CNS(=O)(=O)c2ccccc2Br)CCCS1. The fraction of sp³-hybridized carbons (Fsp3) is 0.500. The summed E-state index contributed by atoms with van der Waals surface area (Å²) in [5, 5.41) is 0. The van der Waals surface area contributed by atoms with E-state index in [0.717, 1.165) is 18.6 Å². The lowest BCUT2D eigenvalue weighted by Crippen LogP contribution is -2.36. The Labute approximate surface area is 121 Å². The largest absolute Gasteiger partial charge is 0.241 e. The average molecular weight is 350 g/mol. The molecule has 100 valence electrons. The molecule has 1 atom stereocenters. The van der Waals surface area contributed by atoms with Gasteiger partial charge in [0.15, 0.2) is 0 Å². The van der Waals surface area contributed by atoms with Gasteiger partial charge in [-0.1, -0.05) is 12.1 Å². The molecule has 0 bridgehead atoms. The van der Waals surface area contributed by atoms with Crippen LogP contribution in [0.2, 0.25) is 0 Å². The van der Waals surface area contributed by atoms with Gasteiger partial charge in [-0.2, -0.15) is 11.8 Å². The number of nitrogens with one attached hydrogen (secondary N) is 1. The molecule has 0 aliphatic carbocycles. The van der Waals surface area contributed by atoms with E-state index in [2.05, 4.69) is 27.6 Å². The van der Waals surface area contributed by atoms with Gasteiger partial charge in [0.05, 0.1) is 4.90 Å². The predicted molar refractivity (Wildman–Crippen MR) is 79.4 cm³/mol. The smallest absolute Gasteiger partial charge is 0.210 e. The molecule has 0 spiro atoms. The standard InChI is InChI=1S/C12H16BrNO2S2/c1-12(7-4-8-17-12)9-14-18(15,16)11-6-3-2-5-10(11)13/h2-3,5-6,14H,4,7-9H2,1H3. The number of rotatable bonds is 4. The molecule has 1 unspecified atom stereocenters. The van der Waals surface area contributed by atoms with Crippen LogP contribution in [-0.4, -0.2) is 25.5 Å². The Bertz CT molecular complexity index is 525. The normalized spacial score (nSPS) is 24.3. The van der Waals surface area contributed by atoms with Crippen LogP contribution >= 0.6 is 27.7 Å². The van der Waals surface area contributed by atoms with Crippen LogP contribution in [0.25, 0.3) is 0 Å². The van der Waals surface area contributed by atoms with Crippen molar-refractivity contribution in [2.75, 3.05) is 12.3 Å². The topological polar surface area (TPSA) is 46.2 Å². The van der Waals surface area contributed by atoms with Crippen LogP contribution in [0.3, 0.4) is 0 Å². The lowest BCUT2D eigenvalue weighted by atomic mass is 10.1. The highest BCUT2D eigenvalue weighted by Gasteiger charge is 2.31. The molecular weight excluding hydrogens is 334 g/mol. The molecule has 0 aromatic heterocycles. The summed E-state index contributed by atoms with van der Waals surface area (Å²) in [7, 11) is -3.43. The molecule has 1 aromatic carbocycles. The Kier molecular flexibility index (Phi) is 4.41. The van der Waals surface area contributed by atoms with Gasteiger partial charge >= 0.3 is 0 Å². The van der Waals surface area contributed by atoms with Crippen LogP contribution in [0.4, 0.5) is 0 Å². The van der Waals surface area contributed by atoms with Crippen molar-refractivity contribution < 1.29 is 8.42 Å². The third kappa shape index (κ3) is 3.29. The summed E-state index contributed by atoms with van der Waals surface area (Å²) >= 11 is 5.12. The predicted octanol–water partition coefficient (Wildman–Crippen LogP) is 3.01. The van der Waals surface area contributed by atoms with Crippen LogP contribution in [-0.2, 0) is 10.0 Å². The van der Waals surface area contributed by atoms with Crippen LogP contribution in [0, 0.1) is 0 Å². The molecule has 6 heteroatoms. The average Bonchev–Trinajstić information content (AvgIpc) is 2.75. The lowest BCUT2D eigenvalue weighted by molar-refractivity contribution is 0.552. The second-order valence-corrected chi connectivity index (χ2v) is 8.93. The van der Waals surface area contributed by atoms with Crippen molar-refractivity contribution >= 4 is 37.7 Å². The van der Waals surface area contributed by atoms with E-state index in [0.29, 0.717) is 15.9 Å². The number of thioether (sulfide) groups is 1. The van der Waals surface area contributed by atoms with E-state index in [1.54, 1.807) is 24.3 Å². The first kappa shape index (κ1) is 14.4. The summed E-state index contributed by atoms with van der Waals surface area (Å²) < 4.78 is 27.8. The molecule has 2 rings (SSSR count). The Morgan fingerprint density at radius 3 is 2.78 bits per heavy atom. The minimum absolute atomic E-state index is 0.0360. The van der Waals surface area contributed by atoms with Crippen LogP contribution in [0.1, 0.15) is 19.8 Å². The minimum atomic E-state index is -3.43. The highest BCUT2D eigenvalue weighted by Crippen LogP contribution is 2.37. The number of hydrogen-bond acceptors (Lipinski definition) is 3. The van der Waals surface area contributed by atoms with E-state index in [1.165, 1.54) is 0 Å². The summed E-state index contributed by atoms with van der Waals surface area (Å²) in [5.41, 5.74) is 0. The summed E-state index contributed by atoms with van der Waals surface area (Å²) in [6.07, 6.45) is 2.23. The van der Waals surface area contributed by atoms with Gasteiger partial charge in [0, 0.05) is 15.8 Å². The molecule has 1 aromatic rings. The molecule has 1 aliphatic rings. The Balaban J connectivity index is 2.11. The highest BCUT2D eigenvalue weighted by molar-refractivity contribution is 9.10. The van der Waals surface area contributed by atoms with Gasteiger partial charge in [0.1, 0.15) is 0 Å². The van der Waals surface area contributed by atoms with E-state index < -0.39 is 10.0 Å². The van der Waals surface area contributed by atoms with Gasteiger partial charge in [-0.15, -0.1) is 0 Å². The molecule has 0 amide bonds. The number of benzene rings is 1. The Morgan fingerprint density at radius 1 is 1.44 bits per heavy atom. The van der Waals surface area contributed by atoms with Crippen molar-refractivity contribution in [2.45, 2.75) is 29.4 Å². The summed E-state index contributed by atoms with van der Waals surface area (Å²) in [5.74, 6) is 1.12. The minimum Gasteiger partial charge on any atom is -0.210 e. The number of hydrogen-bond donors (Lipinski definition) is 1. The molecule has 1 heterocycles. The van der Waals surface area contributed by atoms with Crippen LogP contribution in [0.5, 0.6) is 0 Å². The fourth-order valence-electron chi connectivity index (χ4n) is 1.96. The van der Waals surface area contributed by atoms with E-state index in [-0.39, 0.29) is 4.75 Å². The van der Waals surface area contributed by atoms with Crippen molar-refractivity contribution in [3.05, 3.63) is 28.7 Å². The van der Waals surface area contributed by atoms with Gasteiger partial charge in [-0.05, 0) is 53.6 Å². The number of halogens is 1. The van der Waals surface area contributed by atoms with Crippen LogP contribution in [0.15, 0.2) is 33.6 Å². The van der Waals surface area contributed by atoms with Gasteiger partial charge in [0.2, 0.25) is 10.0 Å². The van der Waals surface area contributed by atoms with E-state index in [1.807, 2.05) is 11.8 Å². The first-order valence-electron chi connectivity index (χ1n) is 5.81. The highest BCUT2D eigenvalue weighted by atomic mass is 79.9. The molecule has 18 heavy (non-hydrogen) atoms. The van der Waals surface area contributed by atoms with Gasteiger partial charge in [-0.3, -0.25) is 0 Å². The first-order chi connectivity index (χ1) is 8.43. The lowest BCUT2D eigenvalue weighted by Gasteiger charge is -2.22. The second-order valence-electron chi connectivity index (χ2n) is 4.66. The van der Waals surface area contributed by atoms with Gasteiger partial charge < -0.3 is 0 Å². The zero-order valence-electron chi connectivity index (χ0n) is 10.1. The Morgan fingerprint density at radius 2 is 2.17 bits per heavy atom. The van der Waals surface area contributed by atoms with Crippen molar-refractivity contribution in [1.82, 2.24) is 4.72 Å². The third-order valence-corrected chi connectivity index (χ3v) is 7.01. The summed E-state index contributed by atoms with van der Waals surface area (Å²) in [6, 6.07) is 6.87. The molecule has 0 radical (unpaired) electrons. The monoisotopic (exact) mass is 349 g/mol. The van der Waals surface area contributed by atoms with E-state index in [4.69, 9.17) is 0 Å². The first-order valence-corrected chi connectivity index (χ1v) is 9.07. The maximum Gasteiger partial charge on any atom is 0.241 e. The molecule has 1 saturated heterocycles. The second kappa shape index (κ2) is 5.53. The van der Waals surface area contributed by atoms with Crippen molar-refractivity contribution in [2.24, 2.45) is 0 Å². The fourth-order valence-corrected chi connectivity index (χ4v) is 5.47. The van der Waals surface area contributed by atoms with Gasteiger partial charge in [0.25, 0.3) is 0 Å². The van der Waals surface area contributed by atoms with Gasteiger partial charge in [-0.25, -0.2) is 13.1 Å². The van der Waals surface area contributed by atoms with Crippen LogP contribution < -0.4 is 4.72 Å². The van der Waals surface area contributed by atoms with E-state index >= 15 is 0 Å². The quantitative estimate of drug-likeness (QED) is 0.908. The summed E-state index contributed by atoms with van der Waals surface area (Å²) in [4.78, 5) is 0.302. The third-order valence-electron chi connectivity index (χ3n) is 3.06. The molecule has 1 N–H and O–H groups in total. The molecule has 3 nitrogen and oxygen atoms in total. The van der Waals surface area contributed by atoms with Crippen molar-refractivity contribution in [3.63, 3.8) is 0 Å². The number of sulfonamides is 1. The van der Waals surface area contributed by atoms with E-state index in [9.17, 15) is 8.42 Å². The zero-order valence-corrected chi connectivity index (χ0v) is 13.4.